The summed E-state index contributed by atoms with van der Waals surface area (Å²) in [6, 6.07) is -1.07. The highest BCUT2D eigenvalue weighted by Crippen LogP contribution is 1.89. The van der Waals surface area contributed by atoms with Crippen LogP contribution >= 0.6 is 0 Å². The molecule has 6 heteroatoms. The van der Waals surface area contributed by atoms with Gasteiger partial charge in [-0.05, 0) is 39.8 Å². The fourth-order valence-corrected chi connectivity index (χ4v) is 1.06. The summed E-state index contributed by atoms with van der Waals surface area (Å²) < 4.78 is 0. The number of carboxylic acid groups (broad SMARTS) is 2. The lowest BCUT2D eigenvalue weighted by Crippen LogP contribution is -2.36. The molecule has 0 aromatic carbocycles. The molecule has 94 valence electrons. The Morgan fingerprint density at radius 2 is 1.25 bits per heavy atom. The van der Waals surface area contributed by atoms with Crippen molar-refractivity contribution in [3.05, 3.63) is 0 Å². The Morgan fingerprint density at radius 3 is 1.50 bits per heavy atom. The quantitative estimate of drug-likeness (QED) is 0.414. The molecule has 6 nitrogen and oxygen atoms in total. The second-order valence-electron chi connectivity index (χ2n) is 3.74. The van der Waals surface area contributed by atoms with Gasteiger partial charge in [0, 0.05) is 0 Å². The number of unbranched alkanes of at least 4 members (excludes halogenated alkanes) is 1. The molecule has 0 rings (SSSR count). The Hall–Kier alpha value is -1.14. The average molecular weight is 232 g/mol. The van der Waals surface area contributed by atoms with E-state index < -0.39 is 24.0 Å². The number of aliphatic carboxylic acids is 2. The Morgan fingerprint density at radius 1 is 0.938 bits per heavy atom. The van der Waals surface area contributed by atoms with Crippen molar-refractivity contribution in [1.29, 1.82) is 0 Å². The van der Waals surface area contributed by atoms with Crippen LogP contribution in [0.5, 0.6) is 0 Å². The number of hydrogen-bond donors (Lipinski definition) is 4. The molecule has 0 bridgehead atoms. The van der Waals surface area contributed by atoms with Crippen LogP contribution in [0.15, 0.2) is 0 Å². The van der Waals surface area contributed by atoms with Gasteiger partial charge in [-0.25, -0.2) is 0 Å². The summed E-state index contributed by atoms with van der Waals surface area (Å²) in [5, 5.41) is 22.9. The zero-order chi connectivity index (χ0) is 12.6. The maximum atomic E-state index is 10.4. The minimum Gasteiger partial charge on any atom is -0.480 e. The number of rotatable bonds is 9. The molecular formula is C10H20N2O4. The third kappa shape index (κ3) is 7.19. The molecule has 2 atom stereocenters. The van der Waals surface area contributed by atoms with E-state index >= 15 is 0 Å². The van der Waals surface area contributed by atoms with Crippen LogP contribution in [0.2, 0.25) is 0 Å². The van der Waals surface area contributed by atoms with Gasteiger partial charge in [0.05, 0.1) is 0 Å². The first-order chi connectivity index (χ1) is 7.45. The molecule has 0 saturated carbocycles. The highest BCUT2D eigenvalue weighted by Gasteiger charge is 2.09. The summed E-state index contributed by atoms with van der Waals surface area (Å²) in [6.07, 6.45) is 1.63. The van der Waals surface area contributed by atoms with Crippen LogP contribution < -0.4 is 10.6 Å². The van der Waals surface area contributed by atoms with E-state index in [2.05, 4.69) is 10.6 Å². The first-order valence-electron chi connectivity index (χ1n) is 5.37. The van der Waals surface area contributed by atoms with Gasteiger partial charge in [-0.15, -0.1) is 0 Å². The van der Waals surface area contributed by atoms with Gasteiger partial charge in [0.25, 0.3) is 0 Å². The third-order valence-electron chi connectivity index (χ3n) is 2.25. The molecule has 16 heavy (non-hydrogen) atoms. The molecule has 0 spiro atoms. The molecular weight excluding hydrogens is 212 g/mol. The van der Waals surface area contributed by atoms with Gasteiger partial charge in [0.1, 0.15) is 12.1 Å². The Balaban J connectivity index is 3.34. The zero-order valence-electron chi connectivity index (χ0n) is 9.69. The van der Waals surface area contributed by atoms with Gasteiger partial charge in [-0.3, -0.25) is 9.59 Å². The van der Waals surface area contributed by atoms with Crippen molar-refractivity contribution in [2.75, 3.05) is 13.1 Å². The van der Waals surface area contributed by atoms with Crippen LogP contribution in [-0.4, -0.2) is 47.3 Å². The number of nitrogens with one attached hydrogen (secondary N) is 2. The van der Waals surface area contributed by atoms with Crippen molar-refractivity contribution < 1.29 is 19.8 Å². The van der Waals surface area contributed by atoms with E-state index in [9.17, 15) is 9.59 Å². The Kier molecular flexibility index (Phi) is 7.49. The lowest BCUT2D eigenvalue weighted by Gasteiger charge is -2.10. The largest absolute Gasteiger partial charge is 0.480 e. The van der Waals surface area contributed by atoms with Gasteiger partial charge in [0.2, 0.25) is 0 Å². The van der Waals surface area contributed by atoms with Crippen LogP contribution in [0.4, 0.5) is 0 Å². The smallest absolute Gasteiger partial charge is 0.320 e. The molecule has 0 aliphatic carbocycles. The summed E-state index contributed by atoms with van der Waals surface area (Å²) in [6.45, 7) is 4.42. The van der Waals surface area contributed by atoms with Gasteiger partial charge >= 0.3 is 11.9 Å². The van der Waals surface area contributed by atoms with Gasteiger partial charge in [-0.2, -0.15) is 0 Å². The second kappa shape index (κ2) is 8.06. The minimum atomic E-state index is -0.863. The molecule has 0 aliphatic heterocycles. The minimum absolute atomic E-state index is 0.536. The van der Waals surface area contributed by atoms with E-state index in [1.165, 1.54) is 0 Å². The van der Waals surface area contributed by atoms with Crippen molar-refractivity contribution in [1.82, 2.24) is 10.6 Å². The van der Waals surface area contributed by atoms with Crippen LogP contribution in [0.25, 0.3) is 0 Å². The Labute approximate surface area is 95.0 Å². The van der Waals surface area contributed by atoms with Crippen molar-refractivity contribution in [2.45, 2.75) is 38.8 Å². The van der Waals surface area contributed by atoms with Crippen LogP contribution in [-0.2, 0) is 9.59 Å². The highest BCUT2D eigenvalue weighted by atomic mass is 16.4. The summed E-state index contributed by atoms with van der Waals surface area (Å²) in [7, 11) is 0. The lowest BCUT2D eigenvalue weighted by molar-refractivity contribution is -0.140. The lowest BCUT2D eigenvalue weighted by atomic mass is 10.2. The second-order valence-corrected chi connectivity index (χ2v) is 3.74. The Bertz CT molecular complexity index is 209. The summed E-state index contributed by atoms with van der Waals surface area (Å²) in [4.78, 5) is 20.9. The molecule has 0 saturated heterocycles. The van der Waals surface area contributed by atoms with Crippen LogP contribution in [0, 0.1) is 0 Å². The molecule has 0 amide bonds. The van der Waals surface area contributed by atoms with Crippen molar-refractivity contribution in [3.63, 3.8) is 0 Å². The van der Waals surface area contributed by atoms with E-state index in [-0.39, 0.29) is 0 Å². The summed E-state index contributed by atoms with van der Waals surface area (Å²) in [5.41, 5.74) is 0. The summed E-state index contributed by atoms with van der Waals surface area (Å²) >= 11 is 0. The summed E-state index contributed by atoms with van der Waals surface area (Å²) in [5.74, 6) is -1.73. The van der Waals surface area contributed by atoms with E-state index in [1.807, 2.05) is 0 Å². The molecule has 0 aliphatic rings. The molecule has 0 aromatic heterocycles. The predicted octanol–water partition coefficient (Wildman–Crippen LogP) is -0.108. The molecule has 4 N–H and O–H groups in total. The third-order valence-corrected chi connectivity index (χ3v) is 2.25. The molecule has 0 heterocycles. The SMILES string of the molecule is C[C@@H](NCCCCN[C@H](C)C(=O)O)C(=O)O. The first-order valence-corrected chi connectivity index (χ1v) is 5.37. The maximum absolute atomic E-state index is 10.4. The molecule has 0 aromatic rings. The van der Waals surface area contributed by atoms with E-state index in [1.54, 1.807) is 13.8 Å². The number of carboxylic acids is 2. The number of carbonyl (C=O) groups is 2. The van der Waals surface area contributed by atoms with E-state index in [4.69, 9.17) is 10.2 Å². The number of hydrogen-bond acceptors (Lipinski definition) is 4. The van der Waals surface area contributed by atoms with E-state index in [0.717, 1.165) is 12.8 Å². The van der Waals surface area contributed by atoms with Gasteiger partial charge in [0.15, 0.2) is 0 Å². The van der Waals surface area contributed by atoms with Crippen LogP contribution in [0.3, 0.4) is 0 Å². The fraction of sp³-hybridized carbons (Fsp3) is 0.800. The standard InChI is InChI=1S/C10H20N2O4/c1-7(9(13)14)11-5-3-4-6-12-8(2)10(15)16/h7-8,11-12H,3-6H2,1-2H3,(H,13,14)(H,15,16)/t7-,8-/m1/s1. The fourth-order valence-electron chi connectivity index (χ4n) is 1.06. The van der Waals surface area contributed by atoms with Crippen molar-refractivity contribution in [3.8, 4) is 0 Å². The first kappa shape index (κ1) is 14.9. The van der Waals surface area contributed by atoms with Crippen LogP contribution in [0.1, 0.15) is 26.7 Å². The average Bonchev–Trinajstić information content (AvgIpc) is 2.21. The topological polar surface area (TPSA) is 98.7 Å². The van der Waals surface area contributed by atoms with Crippen molar-refractivity contribution >= 4 is 11.9 Å². The van der Waals surface area contributed by atoms with Crippen molar-refractivity contribution in [2.24, 2.45) is 0 Å². The van der Waals surface area contributed by atoms with Gasteiger partial charge in [-0.1, -0.05) is 0 Å². The zero-order valence-corrected chi connectivity index (χ0v) is 9.69. The monoisotopic (exact) mass is 232 g/mol. The molecule has 0 radical (unpaired) electrons. The van der Waals surface area contributed by atoms with E-state index in [0.29, 0.717) is 13.1 Å². The molecule has 0 fully saturated rings. The highest BCUT2D eigenvalue weighted by molar-refractivity contribution is 5.73. The maximum Gasteiger partial charge on any atom is 0.320 e. The predicted molar refractivity (Wildman–Crippen MR) is 59.4 cm³/mol. The molecule has 0 unspecified atom stereocenters. The normalized spacial score (nSPS) is 14.4. The van der Waals surface area contributed by atoms with Gasteiger partial charge < -0.3 is 20.8 Å².